The van der Waals surface area contributed by atoms with Crippen LogP contribution in [-0.2, 0) is 20.8 Å². The van der Waals surface area contributed by atoms with Crippen LogP contribution in [0.4, 0.5) is 5.69 Å². The first-order valence-corrected chi connectivity index (χ1v) is 9.53. The predicted molar refractivity (Wildman–Crippen MR) is 112 cm³/mol. The van der Waals surface area contributed by atoms with E-state index in [0.29, 0.717) is 0 Å². The highest BCUT2D eigenvalue weighted by molar-refractivity contribution is 5.92. The summed E-state index contributed by atoms with van der Waals surface area (Å²) in [6.07, 6.45) is 1.90. The zero-order chi connectivity index (χ0) is 21.5. The highest BCUT2D eigenvalue weighted by Gasteiger charge is 2.29. The molecule has 8 nitrogen and oxygen atoms in total. The highest BCUT2D eigenvalue weighted by atomic mass is 16.4. The molecule has 0 bridgehead atoms. The van der Waals surface area contributed by atoms with Gasteiger partial charge in [0.15, 0.2) is 0 Å². The van der Waals surface area contributed by atoms with Crippen molar-refractivity contribution < 1.29 is 19.5 Å². The summed E-state index contributed by atoms with van der Waals surface area (Å²) in [6.45, 7) is -0.272. The number of para-hydroxylation sites is 1. The molecule has 0 saturated carbocycles. The second-order valence-corrected chi connectivity index (χ2v) is 6.92. The number of fused-ring (bicyclic) bond motifs is 1. The van der Waals surface area contributed by atoms with Crippen LogP contribution in [0.25, 0.3) is 5.57 Å². The van der Waals surface area contributed by atoms with Crippen LogP contribution in [0.1, 0.15) is 17.5 Å². The molecule has 2 aromatic rings. The normalized spacial score (nSPS) is 14.0. The molecule has 0 spiro atoms. The van der Waals surface area contributed by atoms with E-state index < -0.39 is 29.9 Å². The summed E-state index contributed by atoms with van der Waals surface area (Å²) < 4.78 is 0. The van der Waals surface area contributed by atoms with Gasteiger partial charge < -0.3 is 21.5 Å². The van der Waals surface area contributed by atoms with Crippen LogP contribution in [0.3, 0.4) is 0 Å². The molecule has 2 aromatic carbocycles. The van der Waals surface area contributed by atoms with E-state index in [-0.39, 0.29) is 19.4 Å². The maximum absolute atomic E-state index is 12.9. The van der Waals surface area contributed by atoms with E-state index in [1.807, 2.05) is 54.6 Å². The predicted octanol–water partition coefficient (Wildman–Crippen LogP) is 0.923. The van der Waals surface area contributed by atoms with E-state index >= 15 is 0 Å². The number of nitrogens with one attached hydrogen (secondary N) is 2. The molecule has 1 radical (unpaired) electrons. The van der Waals surface area contributed by atoms with Crippen molar-refractivity contribution in [2.75, 3.05) is 6.54 Å². The highest BCUT2D eigenvalue weighted by Crippen LogP contribution is 2.32. The number of hydrogen-bond donors (Lipinski definition) is 4. The Morgan fingerprint density at radius 1 is 0.933 bits per heavy atom. The van der Waals surface area contributed by atoms with E-state index in [1.165, 1.54) is 0 Å². The number of hydrogen-bond acceptors (Lipinski definition) is 4. The van der Waals surface area contributed by atoms with Crippen LogP contribution >= 0.6 is 0 Å². The van der Waals surface area contributed by atoms with Crippen LogP contribution in [0, 0.1) is 0 Å². The molecule has 5 N–H and O–H groups in total. The largest absolute Gasteiger partial charge is 0.480 e. The van der Waals surface area contributed by atoms with Gasteiger partial charge in [-0.2, -0.15) is 0 Å². The summed E-state index contributed by atoms with van der Waals surface area (Å²) in [5.74, 6) is -2.25. The zero-order valence-corrected chi connectivity index (χ0v) is 16.2. The number of benzene rings is 2. The smallest absolute Gasteiger partial charge is 0.326 e. The first-order chi connectivity index (χ1) is 14.5. The minimum absolute atomic E-state index is 0.0739. The second-order valence-electron chi connectivity index (χ2n) is 6.92. The minimum Gasteiger partial charge on any atom is -0.480 e. The lowest BCUT2D eigenvalue weighted by Gasteiger charge is -2.22. The molecule has 1 aliphatic rings. The van der Waals surface area contributed by atoms with Crippen LogP contribution in [0.2, 0.25) is 0 Å². The first kappa shape index (κ1) is 21.1. The maximum atomic E-state index is 12.9. The Morgan fingerprint density at radius 3 is 2.33 bits per heavy atom. The molecule has 155 valence electrons. The topological polar surface area (TPSA) is 136 Å². The fourth-order valence-corrected chi connectivity index (χ4v) is 3.24. The molecule has 30 heavy (non-hydrogen) atoms. The molecule has 0 fully saturated rings. The van der Waals surface area contributed by atoms with Crippen LogP contribution in [-0.4, -0.2) is 41.5 Å². The molecule has 1 heterocycles. The summed E-state index contributed by atoms with van der Waals surface area (Å²) in [6, 6.07) is 14.4. The van der Waals surface area contributed by atoms with Crippen LogP contribution in [0.15, 0.2) is 60.8 Å². The van der Waals surface area contributed by atoms with Gasteiger partial charge in [0, 0.05) is 24.6 Å². The van der Waals surface area contributed by atoms with Gasteiger partial charge in [0.2, 0.25) is 11.8 Å². The van der Waals surface area contributed by atoms with Crippen LogP contribution < -0.4 is 21.7 Å². The number of carbonyl (C=O) groups is 3. The van der Waals surface area contributed by atoms with E-state index in [4.69, 9.17) is 5.73 Å². The Balaban J connectivity index is 1.72. The summed E-state index contributed by atoms with van der Waals surface area (Å²) in [4.78, 5) is 36.5. The summed E-state index contributed by atoms with van der Waals surface area (Å²) in [5, 5.41) is 19.0. The van der Waals surface area contributed by atoms with Gasteiger partial charge in [0.25, 0.3) is 0 Å². The molecule has 8 heteroatoms. The van der Waals surface area contributed by atoms with Crippen molar-refractivity contribution in [2.24, 2.45) is 5.73 Å². The number of aliphatic carboxylic acids is 1. The second kappa shape index (κ2) is 9.71. The molecule has 2 atom stereocenters. The maximum Gasteiger partial charge on any atom is 0.326 e. The van der Waals surface area contributed by atoms with E-state index in [1.54, 1.807) is 6.20 Å². The monoisotopic (exact) mass is 407 g/mol. The number of nitrogens with zero attached hydrogens (tertiary/aromatic N) is 1. The average molecular weight is 407 g/mol. The third kappa shape index (κ3) is 5.24. The Bertz CT molecular complexity index is 959. The molecule has 0 saturated heterocycles. The van der Waals surface area contributed by atoms with Crippen molar-refractivity contribution in [1.82, 2.24) is 16.0 Å². The quantitative estimate of drug-likeness (QED) is 0.490. The molecule has 0 aliphatic carbocycles. The number of nitrogens with two attached hydrogens (primary N) is 1. The lowest BCUT2D eigenvalue weighted by atomic mass is 9.99. The van der Waals surface area contributed by atoms with Gasteiger partial charge in [-0.25, -0.2) is 4.79 Å². The first-order valence-electron chi connectivity index (χ1n) is 9.53. The van der Waals surface area contributed by atoms with Crippen molar-refractivity contribution >= 4 is 29.0 Å². The fraction of sp³-hybridized carbons (Fsp3) is 0.227. The Hall–Kier alpha value is -3.65. The van der Waals surface area contributed by atoms with E-state index in [0.717, 1.165) is 22.4 Å². The number of amides is 2. The molecule has 0 unspecified atom stereocenters. The van der Waals surface area contributed by atoms with Gasteiger partial charge >= 0.3 is 5.97 Å². The summed E-state index contributed by atoms with van der Waals surface area (Å²) in [7, 11) is 0. The summed E-state index contributed by atoms with van der Waals surface area (Å²) >= 11 is 0. The number of carboxylic acids is 1. The third-order valence-electron chi connectivity index (χ3n) is 4.77. The van der Waals surface area contributed by atoms with Gasteiger partial charge in [0.1, 0.15) is 12.1 Å². The van der Waals surface area contributed by atoms with Gasteiger partial charge in [-0.15, -0.1) is 0 Å². The van der Waals surface area contributed by atoms with Crippen molar-refractivity contribution in [1.29, 1.82) is 0 Å². The number of carbonyl (C=O) groups excluding carboxylic acids is 2. The van der Waals surface area contributed by atoms with Gasteiger partial charge in [-0.3, -0.25) is 14.9 Å². The van der Waals surface area contributed by atoms with Gasteiger partial charge in [0.05, 0.1) is 12.2 Å². The van der Waals surface area contributed by atoms with Gasteiger partial charge in [-0.1, -0.05) is 48.5 Å². The SMILES string of the molecule is NCC(=O)N[C@@H](Cc1ccccc1)C(=O)N[C@@H](CC1=C[N]c2ccccc21)C(=O)O. The van der Waals surface area contributed by atoms with Crippen molar-refractivity contribution in [3.8, 4) is 0 Å². The minimum atomic E-state index is -1.17. The molecule has 1 aliphatic heterocycles. The standard InChI is InChI=1S/C22H23N4O4/c23-12-20(27)25-18(10-14-6-2-1-3-7-14)21(28)26-19(22(29)30)11-15-13-24-17-9-5-4-8-16(15)17/h1-9,13,18-19H,10-12,23H2,(H,25,27)(H,26,28)(H,29,30)/t18-,19-/m0/s1. The lowest BCUT2D eigenvalue weighted by molar-refractivity contribution is -0.142. The molecular formula is C22H23N4O4. The van der Waals surface area contributed by atoms with Crippen molar-refractivity contribution in [2.45, 2.75) is 24.9 Å². The van der Waals surface area contributed by atoms with E-state index in [9.17, 15) is 19.5 Å². The van der Waals surface area contributed by atoms with E-state index in [2.05, 4.69) is 16.0 Å². The lowest BCUT2D eigenvalue weighted by Crippen LogP contribution is -2.53. The molecule has 3 rings (SSSR count). The van der Waals surface area contributed by atoms with Gasteiger partial charge in [-0.05, 0) is 17.2 Å². The summed E-state index contributed by atoms with van der Waals surface area (Å²) in [5.41, 5.74) is 8.52. The zero-order valence-electron chi connectivity index (χ0n) is 16.2. The number of carboxylic acid groups (broad SMARTS) is 1. The average Bonchev–Trinajstić information content (AvgIpc) is 3.16. The molecular weight excluding hydrogens is 384 g/mol. The number of rotatable bonds is 9. The van der Waals surface area contributed by atoms with Crippen molar-refractivity contribution in [3.63, 3.8) is 0 Å². The fourth-order valence-electron chi connectivity index (χ4n) is 3.24. The Labute approximate surface area is 174 Å². The molecule has 0 aromatic heterocycles. The van der Waals surface area contributed by atoms with Crippen LogP contribution in [0.5, 0.6) is 0 Å². The van der Waals surface area contributed by atoms with Crippen molar-refractivity contribution in [3.05, 3.63) is 71.9 Å². The molecule has 2 amide bonds. The Kier molecular flexibility index (Phi) is 6.82. The third-order valence-corrected chi connectivity index (χ3v) is 4.77. The Morgan fingerprint density at radius 2 is 1.63 bits per heavy atom.